The van der Waals surface area contributed by atoms with Crippen LogP contribution in [0.3, 0.4) is 0 Å². The SMILES string of the molecule is CCCC1CN(c2ccn(C)n2)C(C)CN1. The normalized spacial score (nSPS) is 26.1. The Morgan fingerprint density at radius 1 is 1.56 bits per heavy atom. The van der Waals surface area contributed by atoms with Crippen LogP contribution < -0.4 is 10.2 Å². The summed E-state index contributed by atoms with van der Waals surface area (Å²) in [5.74, 6) is 1.11. The van der Waals surface area contributed by atoms with E-state index in [-0.39, 0.29) is 0 Å². The minimum Gasteiger partial charge on any atom is -0.350 e. The van der Waals surface area contributed by atoms with Crippen LogP contribution in [0.25, 0.3) is 0 Å². The van der Waals surface area contributed by atoms with E-state index in [4.69, 9.17) is 0 Å². The van der Waals surface area contributed by atoms with Gasteiger partial charge >= 0.3 is 0 Å². The van der Waals surface area contributed by atoms with Crippen LogP contribution in [-0.4, -0.2) is 35.0 Å². The van der Waals surface area contributed by atoms with Gasteiger partial charge in [0, 0.05) is 44.5 Å². The van der Waals surface area contributed by atoms with E-state index in [2.05, 4.69) is 35.2 Å². The van der Waals surface area contributed by atoms with Crippen molar-refractivity contribution in [1.29, 1.82) is 0 Å². The van der Waals surface area contributed by atoms with E-state index in [1.54, 1.807) is 0 Å². The monoisotopic (exact) mass is 222 g/mol. The van der Waals surface area contributed by atoms with Crippen LogP contribution in [0.4, 0.5) is 5.82 Å². The molecule has 1 N–H and O–H groups in total. The van der Waals surface area contributed by atoms with Crippen LogP contribution in [0.5, 0.6) is 0 Å². The first kappa shape index (κ1) is 11.5. The third-order valence-corrected chi connectivity index (χ3v) is 3.28. The molecule has 2 atom stereocenters. The average Bonchev–Trinajstić information content (AvgIpc) is 2.68. The van der Waals surface area contributed by atoms with Gasteiger partial charge in [-0.1, -0.05) is 13.3 Å². The van der Waals surface area contributed by atoms with Gasteiger partial charge in [-0.2, -0.15) is 5.10 Å². The van der Waals surface area contributed by atoms with Gasteiger partial charge in [-0.15, -0.1) is 0 Å². The van der Waals surface area contributed by atoms with Crippen molar-refractivity contribution in [2.24, 2.45) is 7.05 Å². The lowest BCUT2D eigenvalue weighted by molar-refractivity contribution is 0.383. The molecule has 1 aliphatic heterocycles. The van der Waals surface area contributed by atoms with Crippen molar-refractivity contribution in [3.05, 3.63) is 12.3 Å². The maximum atomic E-state index is 4.49. The molecule has 4 heteroatoms. The molecular formula is C12H22N4. The number of aryl methyl sites for hydroxylation is 1. The molecule has 0 saturated carbocycles. The van der Waals surface area contributed by atoms with Gasteiger partial charge in [0.15, 0.2) is 5.82 Å². The first-order valence-electron chi connectivity index (χ1n) is 6.20. The molecule has 1 aliphatic rings. The van der Waals surface area contributed by atoms with Gasteiger partial charge in [-0.3, -0.25) is 4.68 Å². The zero-order valence-corrected chi connectivity index (χ0v) is 10.5. The van der Waals surface area contributed by atoms with Crippen LogP contribution in [-0.2, 0) is 7.05 Å². The first-order valence-corrected chi connectivity index (χ1v) is 6.20. The second-order valence-electron chi connectivity index (χ2n) is 4.74. The van der Waals surface area contributed by atoms with E-state index in [0.29, 0.717) is 12.1 Å². The van der Waals surface area contributed by atoms with Crippen molar-refractivity contribution in [2.45, 2.75) is 38.8 Å². The molecule has 0 amide bonds. The smallest absolute Gasteiger partial charge is 0.150 e. The van der Waals surface area contributed by atoms with Crippen molar-refractivity contribution in [1.82, 2.24) is 15.1 Å². The Morgan fingerprint density at radius 2 is 2.38 bits per heavy atom. The van der Waals surface area contributed by atoms with E-state index in [1.165, 1.54) is 12.8 Å². The lowest BCUT2D eigenvalue weighted by Crippen LogP contribution is -2.55. The van der Waals surface area contributed by atoms with Gasteiger partial charge in [0.2, 0.25) is 0 Å². The molecule has 1 saturated heterocycles. The Kier molecular flexibility index (Phi) is 3.49. The van der Waals surface area contributed by atoms with Gasteiger partial charge in [-0.05, 0) is 13.3 Å². The quantitative estimate of drug-likeness (QED) is 0.839. The number of nitrogens with zero attached hydrogens (tertiary/aromatic N) is 3. The molecule has 0 aromatic carbocycles. The highest BCUT2D eigenvalue weighted by Gasteiger charge is 2.25. The highest BCUT2D eigenvalue weighted by molar-refractivity contribution is 5.39. The van der Waals surface area contributed by atoms with Crippen LogP contribution >= 0.6 is 0 Å². The summed E-state index contributed by atoms with van der Waals surface area (Å²) in [7, 11) is 1.97. The molecule has 16 heavy (non-hydrogen) atoms. The van der Waals surface area contributed by atoms with Crippen molar-refractivity contribution in [2.75, 3.05) is 18.0 Å². The van der Waals surface area contributed by atoms with E-state index in [0.717, 1.165) is 18.9 Å². The second-order valence-corrected chi connectivity index (χ2v) is 4.74. The Labute approximate surface area is 97.6 Å². The molecule has 1 fully saturated rings. The zero-order valence-electron chi connectivity index (χ0n) is 10.5. The molecule has 0 aliphatic carbocycles. The van der Waals surface area contributed by atoms with Gasteiger partial charge in [0.25, 0.3) is 0 Å². The highest BCUT2D eigenvalue weighted by atomic mass is 15.4. The van der Waals surface area contributed by atoms with Crippen molar-refractivity contribution in [3.63, 3.8) is 0 Å². The minimum atomic E-state index is 0.531. The van der Waals surface area contributed by atoms with E-state index < -0.39 is 0 Å². The zero-order chi connectivity index (χ0) is 11.5. The van der Waals surface area contributed by atoms with Crippen molar-refractivity contribution < 1.29 is 0 Å². The lowest BCUT2D eigenvalue weighted by atomic mass is 10.1. The molecular weight excluding hydrogens is 200 g/mol. The maximum absolute atomic E-state index is 4.49. The maximum Gasteiger partial charge on any atom is 0.150 e. The fraction of sp³-hybridized carbons (Fsp3) is 0.750. The average molecular weight is 222 g/mol. The highest BCUT2D eigenvalue weighted by Crippen LogP contribution is 2.18. The fourth-order valence-electron chi connectivity index (χ4n) is 2.35. The van der Waals surface area contributed by atoms with Gasteiger partial charge < -0.3 is 10.2 Å². The summed E-state index contributed by atoms with van der Waals surface area (Å²) in [6, 6.07) is 3.25. The Morgan fingerprint density at radius 3 is 3.00 bits per heavy atom. The number of hydrogen-bond acceptors (Lipinski definition) is 3. The van der Waals surface area contributed by atoms with E-state index >= 15 is 0 Å². The minimum absolute atomic E-state index is 0.531. The summed E-state index contributed by atoms with van der Waals surface area (Å²) in [5.41, 5.74) is 0. The molecule has 1 aromatic rings. The Hall–Kier alpha value is -1.03. The van der Waals surface area contributed by atoms with Crippen LogP contribution in [0, 0.1) is 0 Å². The number of anilines is 1. The summed E-state index contributed by atoms with van der Waals surface area (Å²) < 4.78 is 1.87. The largest absolute Gasteiger partial charge is 0.350 e. The van der Waals surface area contributed by atoms with Crippen LogP contribution in [0.15, 0.2) is 12.3 Å². The Bertz CT molecular complexity index is 334. The summed E-state index contributed by atoms with van der Waals surface area (Å²) in [5, 5.41) is 8.09. The molecule has 1 aromatic heterocycles. The topological polar surface area (TPSA) is 33.1 Å². The lowest BCUT2D eigenvalue weighted by Gasteiger charge is -2.39. The molecule has 0 spiro atoms. The second kappa shape index (κ2) is 4.87. The van der Waals surface area contributed by atoms with Crippen molar-refractivity contribution in [3.8, 4) is 0 Å². The molecule has 2 unspecified atom stereocenters. The number of aromatic nitrogens is 2. The predicted octanol–water partition coefficient (Wildman–Crippen LogP) is 1.39. The third kappa shape index (κ3) is 2.38. The third-order valence-electron chi connectivity index (χ3n) is 3.28. The van der Waals surface area contributed by atoms with E-state index in [9.17, 15) is 0 Å². The molecule has 2 rings (SSSR count). The number of rotatable bonds is 3. The standard InChI is InChI=1S/C12H22N4/c1-4-5-11-9-16(10(2)8-13-11)12-6-7-15(3)14-12/h6-7,10-11,13H,4-5,8-9H2,1-3H3. The summed E-state index contributed by atoms with van der Waals surface area (Å²) in [6.45, 7) is 6.63. The van der Waals surface area contributed by atoms with Gasteiger partial charge in [0.1, 0.15) is 0 Å². The fourth-order valence-corrected chi connectivity index (χ4v) is 2.35. The Balaban J connectivity index is 2.06. The summed E-state index contributed by atoms with van der Waals surface area (Å²) in [4.78, 5) is 2.41. The number of hydrogen-bond donors (Lipinski definition) is 1. The van der Waals surface area contributed by atoms with Gasteiger partial charge in [-0.25, -0.2) is 0 Å². The van der Waals surface area contributed by atoms with Crippen LogP contribution in [0.1, 0.15) is 26.7 Å². The van der Waals surface area contributed by atoms with Gasteiger partial charge in [0.05, 0.1) is 0 Å². The molecule has 2 heterocycles. The number of nitrogens with one attached hydrogen (secondary N) is 1. The van der Waals surface area contributed by atoms with Crippen LogP contribution in [0.2, 0.25) is 0 Å². The summed E-state index contributed by atoms with van der Waals surface area (Å²) in [6.07, 6.45) is 4.50. The predicted molar refractivity (Wildman–Crippen MR) is 66.7 cm³/mol. The molecule has 90 valence electrons. The first-order chi connectivity index (χ1) is 7.70. The molecule has 4 nitrogen and oxygen atoms in total. The summed E-state index contributed by atoms with van der Waals surface area (Å²) >= 11 is 0. The number of piperazine rings is 1. The van der Waals surface area contributed by atoms with E-state index in [1.807, 2.05) is 17.9 Å². The van der Waals surface area contributed by atoms with Crippen molar-refractivity contribution >= 4 is 5.82 Å². The molecule has 0 bridgehead atoms. The molecule has 0 radical (unpaired) electrons.